The predicted octanol–water partition coefficient (Wildman–Crippen LogP) is 3.62. The highest BCUT2D eigenvalue weighted by molar-refractivity contribution is 9.10. The van der Waals surface area contributed by atoms with Gasteiger partial charge in [-0.25, -0.2) is 0 Å². The van der Waals surface area contributed by atoms with Crippen LogP contribution in [0.2, 0.25) is 0 Å². The van der Waals surface area contributed by atoms with Crippen LogP contribution in [0.25, 0.3) is 0 Å². The summed E-state index contributed by atoms with van der Waals surface area (Å²) in [6.45, 7) is 0. The Kier molecular flexibility index (Phi) is 2.89. The molecule has 8 heteroatoms. The molecule has 0 fully saturated rings. The highest BCUT2D eigenvalue weighted by Crippen LogP contribution is 2.42. The number of furan rings is 1. The predicted molar refractivity (Wildman–Crippen MR) is 67.0 cm³/mol. The molecule has 0 bridgehead atoms. The number of ether oxygens (including phenoxy) is 2. The SMILES string of the molecule is O=C(Nc1ccc2c(c1)OC(F)(F)O2)c1ccc(Br)o1. The van der Waals surface area contributed by atoms with E-state index in [4.69, 9.17) is 4.42 Å². The maximum atomic E-state index is 12.8. The molecule has 0 unspecified atom stereocenters. The first-order chi connectivity index (χ1) is 9.43. The zero-order valence-corrected chi connectivity index (χ0v) is 11.2. The Morgan fingerprint density at radius 2 is 1.90 bits per heavy atom. The molecule has 5 nitrogen and oxygen atoms in total. The third-order valence-corrected chi connectivity index (χ3v) is 2.88. The second kappa shape index (κ2) is 4.48. The van der Waals surface area contributed by atoms with Crippen LogP contribution < -0.4 is 14.8 Å². The van der Waals surface area contributed by atoms with Crippen molar-refractivity contribution in [2.45, 2.75) is 6.29 Å². The van der Waals surface area contributed by atoms with Gasteiger partial charge in [-0.2, -0.15) is 0 Å². The molecule has 1 aliphatic heterocycles. The smallest absolute Gasteiger partial charge is 0.444 e. The van der Waals surface area contributed by atoms with Crippen LogP contribution >= 0.6 is 15.9 Å². The van der Waals surface area contributed by atoms with E-state index in [0.717, 1.165) is 0 Å². The van der Waals surface area contributed by atoms with E-state index in [1.165, 1.54) is 24.3 Å². The van der Waals surface area contributed by atoms with Crippen LogP contribution in [0.3, 0.4) is 0 Å². The van der Waals surface area contributed by atoms with Gasteiger partial charge in [0.1, 0.15) is 0 Å². The number of carbonyl (C=O) groups is 1. The molecule has 0 radical (unpaired) electrons. The summed E-state index contributed by atoms with van der Waals surface area (Å²) >= 11 is 3.07. The molecule has 0 saturated carbocycles. The number of anilines is 1. The molecule has 0 aliphatic carbocycles. The van der Waals surface area contributed by atoms with E-state index in [0.29, 0.717) is 4.67 Å². The van der Waals surface area contributed by atoms with Crippen LogP contribution in [-0.2, 0) is 0 Å². The molecule has 0 saturated heterocycles. The second-order valence-electron chi connectivity index (χ2n) is 3.89. The van der Waals surface area contributed by atoms with Gasteiger partial charge in [0.2, 0.25) is 0 Å². The van der Waals surface area contributed by atoms with E-state index in [9.17, 15) is 13.6 Å². The van der Waals surface area contributed by atoms with Crippen molar-refractivity contribution in [3.8, 4) is 11.5 Å². The number of halogens is 3. The fraction of sp³-hybridized carbons (Fsp3) is 0.0833. The van der Waals surface area contributed by atoms with Crippen molar-refractivity contribution in [3.05, 3.63) is 40.8 Å². The zero-order valence-electron chi connectivity index (χ0n) is 9.65. The molecular formula is C12H6BrF2NO4. The maximum absolute atomic E-state index is 12.8. The van der Waals surface area contributed by atoms with Gasteiger partial charge in [-0.1, -0.05) is 0 Å². The van der Waals surface area contributed by atoms with E-state index < -0.39 is 12.2 Å². The largest absolute Gasteiger partial charge is 0.586 e. The minimum absolute atomic E-state index is 0.0832. The molecular weight excluding hydrogens is 340 g/mol. The van der Waals surface area contributed by atoms with Gasteiger partial charge in [-0.15, -0.1) is 8.78 Å². The highest BCUT2D eigenvalue weighted by Gasteiger charge is 2.43. The maximum Gasteiger partial charge on any atom is 0.586 e. The van der Waals surface area contributed by atoms with Crippen molar-refractivity contribution in [1.82, 2.24) is 0 Å². The Bertz CT molecular complexity index is 686. The first kappa shape index (κ1) is 12.9. The molecule has 20 heavy (non-hydrogen) atoms. The molecule has 1 N–H and O–H groups in total. The summed E-state index contributed by atoms with van der Waals surface area (Å²) in [5.74, 6) is -0.664. The normalized spacial score (nSPS) is 15.2. The lowest BCUT2D eigenvalue weighted by Gasteiger charge is -2.04. The minimum Gasteiger partial charge on any atom is -0.444 e. The molecule has 0 atom stereocenters. The molecule has 1 aromatic carbocycles. The molecule has 0 spiro atoms. The molecule has 1 aromatic heterocycles. The van der Waals surface area contributed by atoms with Crippen LogP contribution in [-0.4, -0.2) is 12.2 Å². The minimum atomic E-state index is -3.68. The van der Waals surface area contributed by atoms with Crippen molar-refractivity contribution >= 4 is 27.5 Å². The lowest BCUT2D eigenvalue weighted by Crippen LogP contribution is -2.25. The lowest BCUT2D eigenvalue weighted by molar-refractivity contribution is -0.286. The summed E-state index contributed by atoms with van der Waals surface area (Å²) in [6, 6.07) is 6.98. The lowest BCUT2D eigenvalue weighted by atomic mass is 10.2. The summed E-state index contributed by atoms with van der Waals surface area (Å²) in [7, 11) is 0. The van der Waals surface area contributed by atoms with Gasteiger partial charge in [0, 0.05) is 11.8 Å². The van der Waals surface area contributed by atoms with Crippen LogP contribution in [0.15, 0.2) is 39.4 Å². The number of benzene rings is 1. The van der Waals surface area contributed by atoms with Crippen LogP contribution in [0.4, 0.5) is 14.5 Å². The number of amides is 1. The number of fused-ring (bicyclic) bond motifs is 1. The third kappa shape index (κ3) is 2.46. The number of alkyl halides is 2. The van der Waals surface area contributed by atoms with Gasteiger partial charge in [0.05, 0.1) is 0 Å². The number of nitrogens with one attached hydrogen (secondary N) is 1. The van der Waals surface area contributed by atoms with Gasteiger partial charge in [-0.05, 0) is 40.2 Å². The summed E-state index contributed by atoms with van der Waals surface area (Å²) in [5.41, 5.74) is 0.280. The van der Waals surface area contributed by atoms with E-state index in [-0.39, 0.29) is 22.9 Å². The molecule has 104 valence electrons. The fourth-order valence-electron chi connectivity index (χ4n) is 1.66. The second-order valence-corrected chi connectivity index (χ2v) is 4.67. The quantitative estimate of drug-likeness (QED) is 0.902. The number of rotatable bonds is 2. The third-order valence-electron chi connectivity index (χ3n) is 2.46. The summed E-state index contributed by atoms with van der Waals surface area (Å²) < 4.78 is 39.7. The van der Waals surface area contributed by atoms with Crippen molar-refractivity contribution in [1.29, 1.82) is 0 Å². The summed E-state index contributed by atoms with van der Waals surface area (Å²) in [5, 5.41) is 2.49. The monoisotopic (exact) mass is 345 g/mol. The first-order valence-electron chi connectivity index (χ1n) is 5.39. The Morgan fingerprint density at radius 1 is 1.15 bits per heavy atom. The average Bonchev–Trinajstić information content (AvgIpc) is 2.90. The van der Waals surface area contributed by atoms with E-state index in [1.807, 2.05) is 0 Å². The number of hydrogen-bond donors (Lipinski definition) is 1. The zero-order chi connectivity index (χ0) is 14.3. The molecule has 2 heterocycles. The average molecular weight is 346 g/mol. The van der Waals surface area contributed by atoms with Crippen molar-refractivity contribution < 1.29 is 27.5 Å². The number of hydrogen-bond acceptors (Lipinski definition) is 4. The van der Waals surface area contributed by atoms with Gasteiger partial charge >= 0.3 is 6.29 Å². The molecule has 3 rings (SSSR count). The van der Waals surface area contributed by atoms with Gasteiger partial charge < -0.3 is 19.2 Å². The van der Waals surface area contributed by atoms with Crippen molar-refractivity contribution in [3.63, 3.8) is 0 Å². The fourth-order valence-corrected chi connectivity index (χ4v) is 1.96. The Labute approximate surface area is 119 Å². The summed E-state index contributed by atoms with van der Waals surface area (Å²) in [6.07, 6.45) is -3.68. The first-order valence-corrected chi connectivity index (χ1v) is 6.19. The Morgan fingerprint density at radius 3 is 2.60 bits per heavy atom. The highest BCUT2D eigenvalue weighted by atomic mass is 79.9. The van der Waals surface area contributed by atoms with Gasteiger partial charge in [0.25, 0.3) is 5.91 Å². The van der Waals surface area contributed by atoms with E-state index >= 15 is 0 Å². The molecule has 1 amide bonds. The summed E-state index contributed by atoms with van der Waals surface area (Å²) in [4.78, 5) is 11.8. The van der Waals surface area contributed by atoms with E-state index in [1.54, 1.807) is 6.07 Å². The molecule has 1 aliphatic rings. The van der Waals surface area contributed by atoms with Crippen molar-refractivity contribution in [2.24, 2.45) is 0 Å². The standard InChI is InChI=1S/C12H6BrF2NO4/c13-10-4-3-8(18-10)11(17)16-6-1-2-7-9(5-6)20-12(14,15)19-7/h1-5H,(H,16,17). The van der Waals surface area contributed by atoms with E-state index in [2.05, 4.69) is 30.7 Å². The van der Waals surface area contributed by atoms with Crippen LogP contribution in [0, 0.1) is 0 Å². The molecule has 2 aromatic rings. The van der Waals surface area contributed by atoms with Crippen LogP contribution in [0.5, 0.6) is 11.5 Å². The topological polar surface area (TPSA) is 60.7 Å². The Balaban J connectivity index is 1.78. The van der Waals surface area contributed by atoms with Gasteiger partial charge in [-0.3, -0.25) is 4.79 Å². The van der Waals surface area contributed by atoms with Crippen LogP contribution in [0.1, 0.15) is 10.6 Å². The van der Waals surface area contributed by atoms with Crippen molar-refractivity contribution in [2.75, 3.05) is 5.32 Å². The Hall–Kier alpha value is -2.09. The number of carbonyl (C=O) groups excluding carboxylic acids is 1. The van der Waals surface area contributed by atoms with Gasteiger partial charge in [0.15, 0.2) is 21.9 Å².